The van der Waals surface area contributed by atoms with Crippen molar-refractivity contribution in [2.24, 2.45) is 5.92 Å². The first-order valence-electron chi connectivity index (χ1n) is 11.9. The maximum absolute atomic E-state index is 13.8. The van der Waals surface area contributed by atoms with Crippen LogP contribution < -0.4 is 5.32 Å². The van der Waals surface area contributed by atoms with Crippen LogP contribution in [0.1, 0.15) is 36.0 Å². The lowest BCUT2D eigenvalue weighted by Gasteiger charge is -2.31. The zero-order valence-corrected chi connectivity index (χ0v) is 19.0. The molecule has 0 saturated heterocycles. The van der Waals surface area contributed by atoms with Crippen molar-refractivity contribution in [3.8, 4) is 0 Å². The largest absolute Gasteiger partial charge is 0.344 e. The fourth-order valence-electron chi connectivity index (χ4n) is 4.21. The number of hydrogen-bond acceptors (Lipinski definition) is 2. The number of rotatable bonds is 10. The van der Waals surface area contributed by atoms with Gasteiger partial charge in [-0.1, -0.05) is 97.4 Å². The molecule has 0 heterocycles. The van der Waals surface area contributed by atoms with Crippen LogP contribution in [0.3, 0.4) is 0 Å². The Morgan fingerprint density at radius 3 is 1.88 bits per heavy atom. The van der Waals surface area contributed by atoms with Gasteiger partial charge >= 0.3 is 0 Å². The van der Waals surface area contributed by atoms with E-state index in [4.69, 9.17) is 0 Å². The van der Waals surface area contributed by atoms with Crippen LogP contribution in [0.15, 0.2) is 91.0 Å². The smallest absolute Gasteiger partial charge is 0.245 e. The molecule has 1 N–H and O–H groups in total. The lowest BCUT2D eigenvalue weighted by Crippen LogP contribution is -2.52. The Hall–Kier alpha value is -3.40. The van der Waals surface area contributed by atoms with Crippen LogP contribution in [-0.2, 0) is 29.0 Å². The number of carbonyl (C=O) groups excluding carboxylic acids is 2. The van der Waals surface area contributed by atoms with Crippen LogP contribution in [0.4, 0.5) is 0 Å². The molecule has 4 nitrogen and oxygen atoms in total. The molecule has 3 aromatic rings. The predicted octanol–water partition coefficient (Wildman–Crippen LogP) is 4.79. The van der Waals surface area contributed by atoms with Crippen molar-refractivity contribution in [1.82, 2.24) is 10.2 Å². The molecule has 1 saturated carbocycles. The summed E-state index contributed by atoms with van der Waals surface area (Å²) < 4.78 is 0. The van der Waals surface area contributed by atoms with Crippen LogP contribution in [0.5, 0.6) is 0 Å². The summed E-state index contributed by atoms with van der Waals surface area (Å²) in [5, 5.41) is 3.10. The minimum absolute atomic E-state index is 0.0123. The molecule has 1 fully saturated rings. The van der Waals surface area contributed by atoms with E-state index in [1.165, 1.54) is 5.56 Å². The Kier molecular flexibility index (Phi) is 7.91. The van der Waals surface area contributed by atoms with Gasteiger partial charge in [0.1, 0.15) is 6.04 Å². The highest BCUT2D eigenvalue weighted by molar-refractivity contribution is 5.89. The molecule has 0 radical (unpaired) electrons. The molecular weight excluding hydrogens is 408 g/mol. The number of hydrogen-bond donors (Lipinski definition) is 1. The van der Waals surface area contributed by atoms with Crippen molar-refractivity contribution >= 4 is 11.8 Å². The molecule has 4 heteroatoms. The third-order valence-electron chi connectivity index (χ3n) is 6.41. The topological polar surface area (TPSA) is 49.4 Å². The summed E-state index contributed by atoms with van der Waals surface area (Å²) in [6, 6.07) is 29.7. The molecule has 0 aromatic heterocycles. The molecule has 1 unspecified atom stereocenters. The van der Waals surface area contributed by atoms with Gasteiger partial charge in [0.05, 0.1) is 0 Å². The molecule has 0 bridgehead atoms. The van der Waals surface area contributed by atoms with Crippen molar-refractivity contribution in [3.05, 3.63) is 108 Å². The average molecular weight is 441 g/mol. The van der Waals surface area contributed by atoms with E-state index in [-0.39, 0.29) is 17.7 Å². The van der Waals surface area contributed by atoms with E-state index >= 15 is 0 Å². The second-order valence-corrected chi connectivity index (χ2v) is 8.86. The summed E-state index contributed by atoms with van der Waals surface area (Å²) in [6.07, 6.45) is 4.19. The molecule has 0 aliphatic heterocycles. The Morgan fingerprint density at radius 2 is 1.33 bits per heavy atom. The highest BCUT2D eigenvalue weighted by Gasteiger charge is 2.31. The molecule has 1 aliphatic carbocycles. The Balaban J connectivity index is 1.54. The Bertz CT molecular complexity index is 1020. The number of benzene rings is 3. The fourth-order valence-corrected chi connectivity index (χ4v) is 4.21. The molecular formula is C29H32N2O2. The van der Waals surface area contributed by atoms with Gasteiger partial charge < -0.3 is 10.2 Å². The van der Waals surface area contributed by atoms with Gasteiger partial charge in [-0.15, -0.1) is 0 Å². The van der Waals surface area contributed by atoms with E-state index in [9.17, 15) is 9.59 Å². The normalized spacial score (nSPS) is 14.2. The van der Waals surface area contributed by atoms with E-state index in [2.05, 4.69) is 17.4 Å². The molecule has 33 heavy (non-hydrogen) atoms. The minimum Gasteiger partial charge on any atom is -0.344 e. The van der Waals surface area contributed by atoms with Crippen LogP contribution in [0, 0.1) is 5.92 Å². The van der Waals surface area contributed by atoms with Crippen molar-refractivity contribution in [2.45, 2.75) is 44.7 Å². The van der Waals surface area contributed by atoms with Gasteiger partial charge in [0.25, 0.3) is 0 Å². The van der Waals surface area contributed by atoms with E-state index in [1.54, 1.807) is 0 Å². The van der Waals surface area contributed by atoms with Gasteiger partial charge in [-0.25, -0.2) is 0 Å². The molecule has 1 aliphatic rings. The highest BCUT2D eigenvalue weighted by atomic mass is 16.2. The first kappa shape index (κ1) is 22.8. The van der Waals surface area contributed by atoms with Crippen LogP contribution in [0.2, 0.25) is 0 Å². The van der Waals surface area contributed by atoms with Crippen molar-refractivity contribution in [3.63, 3.8) is 0 Å². The van der Waals surface area contributed by atoms with Crippen LogP contribution in [-0.4, -0.2) is 29.3 Å². The van der Waals surface area contributed by atoms with Gasteiger partial charge in [-0.2, -0.15) is 0 Å². The zero-order chi connectivity index (χ0) is 22.9. The van der Waals surface area contributed by atoms with Crippen molar-refractivity contribution < 1.29 is 9.59 Å². The quantitative estimate of drug-likeness (QED) is 0.493. The third-order valence-corrected chi connectivity index (χ3v) is 6.41. The maximum atomic E-state index is 13.8. The molecule has 3 aromatic carbocycles. The SMILES string of the molecule is O=C(NC(Cc1ccccc1)C(=O)N(CCc1ccccc1)Cc1ccccc1)C1CCC1. The first-order chi connectivity index (χ1) is 16.2. The molecule has 4 rings (SSSR count). The molecule has 0 spiro atoms. The monoisotopic (exact) mass is 440 g/mol. The molecule has 2 amide bonds. The van der Waals surface area contributed by atoms with E-state index < -0.39 is 6.04 Å². The van der Waals surface area contributed by atoms with E-state index in [1.807, 2.05) is 83.8 Å². The summed E-state index contributed by atoms with van der Waals surface area (Å²) >= 11 is 0. The third kappa shape index (κ3) is 6.55. The lowest BCUT2D eigenvalue weighted by atomic mass is 9.84. The Morgan fingerprint density at radius 1 is 0.788 bits per heavy atom. The van der Waals surface area contributed by atoms with Gasteiger partial charge in [-0.3, -0.25) is 9.59 Å². The summed E-state index contributed by atoms with van der Waals surface area (Å²) in [6.45, 7) is 1.12. The van der Waals surface area contributed by atoms with Gasteiger partial charge in [-0.05, 0) is 36.0 Å². The van der Waals surface area contributed by atoms with Crippen molar-refractivity contribution in [2.75, 3.05) is 6.54 Å². The fraction of sp³-hybridized carbons (Fsp3) is 0.310. The summed E-state index contributed by atoms with van der Waals surface area (Å²) in [5.41, 5.74) is 3.33. The van der Waals surface area contributed by atoms with Gasteiger partial charge in [0, 0.05) is 25.4 Å². The molecule has 1 atom stereocenters. The lowest BCUT2D eigenvalue weighted by molar-refractivity contribution is -0.138. The number of nitrogens with zero attached hydrogens (tertiary/aromatic N) is 1. The zero-order valence-electron chi connectivity index (χ0n) is 19.0. The maximum Gasteiger partial charge on any atom is 0.245 e. The summed E-state index contributed by atoms with van der Waals surface area (Å²) in [5.74, 6) is 0.0347. The second kappa shape index (κ2) is 11.5. The average Bonchev–Trinajstić information content (AvgIpc) is 2.82. The van der Waals surface area contributed by atoms with Gasteiger partial charge in [0.2, 0.25) is 11.8 Å². The van der Waals surface area contributed by atoms with Crippen molar-refractivity contribution in [1.29, 1.82) is 0 Å². The van der Waals surface area contributed by atoms with Crippen LogP contribution >= 0.6 is 0 Å². The first-order valence-corrected chi connectivity index (χ1v) is 11.9. The van der Waals surface area contributed by atoms with E-state index in [0.717, 1.165) is 36.8 Å². The minimum atomic E-state index is -0.569. The number of nitrogens with one attached hydrogen (secondary N) is 1. The second-order valence-electron chi connectivity index (χ2n) is 8.86. The highest BCUT2D eigenvalue weighted by Crippen LogP contribution is 2.26. The Labute approximate surface area is 196 Å². The van der Waals surface area contributed by atoms with Gasteiger partial charge in [0.15, 0.2) is 0 Å². The summed E-state index contributed by atoms with van der Waals surface area (Å²) in [7, 11) is 0. The standard InChI is InChI=1S/C29H32N2O2/c32-28(26-17-10-18-26)30-27(21-24-13-6-2-7-14-24)29(33)31(22-25-15-8-3-9-16-25)20-19-23-11-4-1-5-12-23/h1-9,11-16,26-27H,10,17-22H2,(H,30,32). The predicted molar refractivity (Wildman–Crippen MR) is 131 cm³/mol. The number of carbonyl (C=O) groups is 2. The molecule has 170 valence electrons. The van der Waals surface area contributed by atoms with E-state index in [0.29, 0.717) is 19.5 Å². The van der Waals surface area contributed by atoms with Crippen LogP contribution in [0.25, 0.3) is 0 Å². The number of amides is 2. The summed E-state index contributed by atoms with van der Waals surface area (Å²) in [4.78, 5) is 28.6.